The van der Waals surface area contributed by atoms with Crippen LogP contribution in [0.3, 0.4) is 0 Å². The molecule has 0 saturated carbocycles. The standard InChI is InChI=1S/C19H24N4O4S/c1-22-16(24)11-15(18(26)23-9-7-12(8-10-23)17(20)25)28-19(22)21-13-3-5-14(27-2)6-4-13/h3-6,12,15H,7-11H2,1-2H3,(H2,20,25)/t15-/m0/s1. The average Bonchev–Trinajstić information content (AvgIpc) is 2.71. The summed E-state index contributed by atoms with van der Waals surface area (Å²) in [6.07, 6.45) is 1.27. The molecule has 0 unspecified atom stereocenters. The van der Waals surface area contributed by atoms with Gasteiger partial charge in [-0.15, -0.1) is 0 Å². The number of ether oxygens (including phenoxy) is 1. The lowest BCUT2D eigenvalue weighted by Crippen LogP contribution is -2.49. The summed E-state index contributed by atoms with van der Waals surface area (Å²) < 4.78 is 5.14. The number of likely N-dealkylation sites (tertiary alicyclic amines) is 1. The molecular weight excluding hydrogens is 380 g/mol. The largest absolute Gasteiger partial charge is 0.497 e. The predicted octanol–water partition coefficient (Wildman–Crippen LogP) is 1.37. The highest BCUT2D eigenvalue weighted by Crippen LogP contribution is 2.31. The first-order chi connectivity index (χ1) is 13.4. The van der Waals surface area contributed by atoms with E-state index >= 15 is 0 Å². The maximum atomic E-state index is 12.9. The molecule has 150 valence electrons. The van der Waals surface area contributed by atoms with E-state index < -0.39 is 5.25 Å². The zero-order valence-corrected chi connectivity index (χ0v) is 16.8. The number of thioether (sulfide) groups is 1. The minimum absolute atomic E-state index is 0.0863. The number of aliphatic imine (C=N–C) groups is 1. The van der Waals surface area contributed by atoms with Crippen LogP contribution in [0.15, 0.2) is 29.3 Å². The van der Waals surface area contributed by atoms with Gasteiger partial charge in [0, 0.05) is 32.5 Å². The fraction of sp³-hybridized carbons (Fsp3) is 0.474. The molecule has 1 atom stereocenters. The van der Waals surface area contributed by atoms with Crippen molar-refractivity contribution in [1.82, 2.24) is 9.80 Å². The van der Waals surface area contributed by atoms with E-state index in [0.29, 0.717) is 36.8 Å². The van der Waals surface area contributed by atoms with Crippen LogP contribution in [-0.2, 0) is 14.4 Å². The number of nitrogens with two attached hydrogens (primary N) is 1. The number of hydrogen-bond donors (Lipinski definition) is 1. The third kappa shape index (κ3) is 4.46. The van der Waals surface area contributed by atoms with Crippen molar-refractivity contribution in [3.05, 3.63) is 24.3 Å². The number of amides is 3. The second-order valence-electron chi connectivity index (χ2n) is 6.86. The van der Waals surface area contributed by atoms with Crippen molar-refractivity contribution in [2.75, 3.05) is 27.2 Å². The van der Waals surface area contributed by atoms with E-state index in [4.69, 9.17) is 10.5 Å². The number of hydrogen-bond acceptors (Lipinski definition) is 6. The van der Waals surface area contributed by atoms with Crippen molar-refractivity contribution in [3.8, 4) is 5.75 Å². The summed E-state index contributed by atoms with van der Waals surface area (Å²) in [7, 11) is 3.25. The van der Waals surface area contributed by atoms with Crippen molar-refractivity contribution in [1.29, 1.82) is 0 Å². The smallest absolute Gasteiger partial charge is 0.236 e. The van der Waals surface area contributed by atoms with Crippen LogP contribution in [0.1, 0.15) is 19.3 Å². The molecule has 3 rings (SSSR count). The Hall–Kier alpha value is -2.55. The van der Waals surface area contributed by atoms with Crippen molar-refractivity contribution in [3.63, 3.8) is 0 Å². The monoisotopic (exact) mass is 404 g/mol. The number of carbonyl (C=O) groups is 3. The van der Waals surface area contributed by atoms with Gasteiger partial charge in [0.15, 0.2) is 5.17 Å². The summed E-state index contributed by atoms with van der Waals surface area (Å²) >= 11 is 1.30. The van der Waals surface area contributed by atoms with Crippen molar-refractivity contribution in [2.45, 2.75) is 24.5 Å². The summed E-state index contributed by atoms with van der Waals surface area (Å²) in [5.41, 5.74) is 6.03. The lowest BCUT2D eigenvalue weighted by molar-refractivity contribution is -0.136. The molecule has 2 heterocycles. The molecule has 0 spiro atoms. The molecule has 8 nitrogen and oxygen atoms in total. The number of benzene rings is 1. The summed E-state index contributed by atoms with van der Waals surface area (Å²) in [4.78, 5) is 44.4. The van der Waals surface area contributed by atoms with Gasteiger partial charge in [-0.25, -0.2) is 4.99 Å². The zero-order valence-electron chi connectivity index (χ0n) is 16.0. The van der Waals surface area contributed by atoms with Crippen LogP contribution in [-0.4, -0.2) is 65.2 Å². The van der Waals surface area contributed by atoms with Gasteiger partial charge in [-0.05, 0) is 37.1 Å². The molecule has 1 aromatic rings. The van der Waals surface area contributed by atoms with Gasteiger partial charge >= 0.3 is 0 Å². The normalized spacial score (nSPS) is 22.4. The number of amidine groups is 1. The second kappa shape index (κ2) is 8.64. The minimum Gasteiger partial charge on any atom is -0.497 e. The molecule has 2 aliphatic heterocycles. The van der Waals surface area contributed by atoms with E-state index in [-0.39, 0.29) is 30.1 Å². The van der Waals surface area contributed by atoms with Crippen LogP contribution >= 0.6 is 11.8 Å². The first-order valence-corrected chi connectivity index (χ1v) is 10.0. The molecule has 3 amide bonds. The summed E-state index contributed by atoms with van der Waals surface area (Å²) in [5.74, 6) is -0.00171. The quantitative estimate of drug-likeness (QED) is 0.816. The van der Waals surface area contributed by atoms with Crippen LogP contribution in [0.4, 0.5) is 5.69 Å². The highest BCUT2D eigenvalue weighted by Gasteiger charge is 2.37. The van der Waals surface area contributed by atoms with Gasteiger partial charge < -0.3 is 15.4 Å². The van der Waals surface area contributed by atoms with Gasteiger partial charge in [0.2, 0.25) is 17.7 Å². The first kappa shape index (κ1) is 20.2. The molecule has 2 aliphatic rings. The van der Waals surface area contributed by atoms with Crippen LogP contribution in [0.25, 0.3) is 0 Å². The van der Waals surface area contributed by atoms with E-state index in [0.717, 1.165) is 5.75 Å². The molecule has 0 radical (unpaired) electrons. The van der Waals surface area contributed by atoms with Crippen LogP contribution in [0.5, 0.6) is 5.75 Å². The molecule has 2 N–H and O–H groups in total. The summed E-state index contributed by atoms with van der Waals surface area (Å²) in [6.45, 7) is 0.969. The van der Waals surface area contributed by atoms with Gasteiger partial charge in [0.1, 0.15) is 11.0 Å². The number of rotatable bonds is 4. The summed E-state index contributed by atoms with van der Waals surface area (Å²) in [5, 5.41) is -0.0161. The number of primary amides is 1. The predicted molar refractivity (Wildman–Crippen MR) is 107 cm³/mol. The van der Waals surface area contributed by atoms with Crippen LogP contribution in [0, 0.1) is 5.92 Å². The molecule has 1 aromatic carbocycles. The van der Waals surface area contributed by atoms with E-state index in [9.17, 15) is 14.4 Å². The molecule has 28 heavy (non-hydrogen) atoms. The van der Waals surface area contributed by atoms with E-state index in [1.807, 2.05) is 0 Å². The van der Waals surface area contributed by atoms with E-state index in [2.05, 4.69) is 4.99 Å². The maximum Gasteiger partial charge on any atom is 0.236 e. The number of methoxy groups -OCH3 is 1. The van der Waals surface area contributed by atoms with Crippen LogP contribution in [0.2, 0.25) is 0 Å². The highest BCUT2D eigenvalue weighted by molar-refractivity contribution is 8.15. The third-order valence-electron chi connectivity index (χ3n) is 5.05. The molecule has 2 saturated heterocycles. The topological polar surface area (TPSA) is 105 Å². The van der Waals surface area contributed by atoms with E-state index in [1.165, 1.54) is 16.7 Å². The Labute approximate surface area is 168 Å². The number of piperidine rings is 1. The lowest BCUT2D eigenvalue weighted by Gasteiger charge is -2.35. The second-order valence-corrected chi connectivity index (χ2v) is 8.03. The molecule has 0 bridgehead atoms. The molecule has 0 aromatic heterocycles. The number of nitrogens with zero attached hydrogens (tertiary/aromatic N) is 3. The molecular formula is C19H24N4O4S. The summed E-state index contributed by atoms with van der Waals surface area (Å²) in [6, 6.07) is 7.18. The minimum atomic E-state index is -0.508. The van der Waals surface area contributed by atoms with Gasteiger partial charge in [-0.3, -0.25) is 19.3 Å². The Morgan fingerprint density at radius 3 is 2.43 bits per heavy atom. The lowest BCUT2D eigenvalue weighted by atomic mass is 9.96. The van der Waals surface area contributed by atoms with Crippen molar-refractivity contribution < 1.29 is 19.1 Å². The fourth-order valence-electron chi connectivity index (χ4n) is 3.24. The van der Waals surface area contributed by atoms with Gasteiger partial charge in [-0.2, -0.15) is 0 Å². The Morgan fingerprint density at radius 2 is 1.86 bits per heavy atom. The SMILES string of the molecule is COc1ccc(N=C2S[C@H](C(=O)N3CCC(C(N)=O)CC3)CC(=O)N2C)cc1. The van der Waals surface area contributed by atoms with Crippen LogP contribution < -0.4 is 10.5 Å². The zero-order chi connectivity index (χ0) is 20.3. The highest BCUT2D eigenvalue weighted by atomic mass is 32.2. The van der Waals surface area contributed by atoms with Gasteiger partial charge in [-0.1, -0.05) is 11.8 Å². The number of carbonyl (C=O) groups excluding carboxylic acids is 3. The first-order valence-electron chi connectivity index (χ1n) is 9.13. The van der Waals surface area contributed by atoms with Crippen molar-refractivity contribution >= 4 is 40.3 Å². The Bertz CT molecular complexity index is 788. The third-order valence-corrected chi connectivity index (χ3v) is 6.28. The fourth-order valence-corrected chi connectivity index (χ4v) is 4.39. The van der Waals surface area contributed by atoms with E-state index in [1.54, 1.807) is 43.3 Å². The van der Waals surface area contributed by atoms with Gasteiger partial charge in [0.25, 0.3) is 0 Å². The molecule has 9 heteroatoms. The Morgan fingerprint density at radius 1 is 1.21 bits per heavy atom. The Kier molecular flexibility index (Phi) is 6.23. The molecule has 2 fully saturated rings. The van der Waals surface area contributed by atoms with Crippen molar-refractivity contribution in [2.24, 2.45) is 16.6 Å². The molecule has 0 aliphatic carbocycles. The Balaban J connectivity index is 1.71. The average molecular weight is 404 g/mol. The van der Waals surface area contributed by atoms with Gasteiger partial charge in [0.05, 0.1) is 12.8 Å². The maximum absolute atomic E-state index is 12.9.